The molecule has 1 aliphatic carbocycles. The molecular formula is C17H25N5O. The van der Waals surface area contributed by atoms with E-state index in [2.05, 4.69) is 25.2 Å². The number of fused-ring (bicyclic) bond motifs is 1. The van der Waals surface area contributed by atoms with Crippen LogP contribution in [0.2, 0.25) is 0 Å². The van der Waals surface area contributed by atoms with Crippen molar-refractivity contribution in [3.63, 3.8) is 0 Å². The average Bonchev–Trinajstić information content (AvgIpc) is 2.88. The third-order valence-electron chi connectivity index (χ3n) is 4.48. The molecule has 0 saturated heterocycles. The van der Waals surface area contributed by atoms with Crippen molar-refractivity contribution in [1.82, 2.24) is 25.2 Å². The predicted molar refractivity (Wildman–Crippen MR) is 90.3 cm³/mol. The van der Waals surface area contributed by atoms with Crippen LogP contribution < -0.4 is 10.6 Å². The molecule has 0 spiro atoms. The molecule has 0 radical (unpaired) electrons. The van der Waals surface area contributed by atoms with Crippen molar-refractivity contribution in [2.45, 2.75) is 58.0 Å². The fourth-order valence-corrected chi connectivity index (χ4v) is 3.26. The van der Waals surface area contributed by atoms with Crippen molar-refractivity contribution in [1.29, 1.82) is 0 Å². The molecule has 124 valence electrons. The van der Waals surface area contributed by atoms with Gasteiger partial charge in [0, 0.05) is 25.3 Å². The summed E-state index contributed by atoms with van der Waals surface area (Å²) in [7, 11) is 0. The van der Waals surface area contributed by atoms with Crippen LogP contribution >= 0.6 is 0 Å². The first-order valence-electron chi connectivity index (χ1n) is 8.56. The molecule has 2 aromatic rings. The number of hydrogen-bond donors (Lipinski definition) is 2. The summed E-state index contributed by atoms with van der Waals surface area (Å²) < 4.78 is 2.11. The number of nitrogens with one attached hydrogen (secondary N) is 2. The maximum atomic E-state index is 11.9. The Morgan fingerprint density at radius 2 is 2.17 bits per heavy atom. The number of carbonyl (C=O) groups excluding carboxylic acids is 1. The molecule has 23 heavy (non-hydrogen) atoms. The number of amides is 2. The van der Waals surface area contributed by atoms with Gasteiger partial charge in [0.05, 0.1) is 0 Å². The van der Waals surface area contributed by atoms with E-state index in [1.807, 2.05) is 19.1 Å². The predicted octanol–water partition coefficient (Wildman–Crippen LogP) is 2.76. The van der Waals surface area contributed by atoms with E-state index >= 15 is 0 Å². The number of urea groups is 1. The number of hydrogen-bond acceptors (Lipinski definition) is 3. The van der Waals surface area contributed by atoms with Crippen LogP contribution in [0.4, 0.5) is 4.79 Å². The molecule has 0 aliphatic heterocycles. The summed E-state index contributed by atoms with van der Waals surface area (Å²) in [6.07, 6.45) is 8.62. The molecule has 2 aromatic heterocycles. The molecular weight excluding hydrogens is 290 g/mol. The first-order valence-corrected chi connectivity index (χ1v) is 8.56. The minimum atomic E-state index is -0.0396. The number of rotatable bonds is 5. The lowest BCUT2D eigenvalue weighted by atomic mass is 9.96. The molecule has 0 unspecified atom stereocenters. The van der Waals surface area contributed by atoms with Gasteiger partial charge in [-0.15, -0.1) is 0 Å². The Morgan fingerprint density at radius 1 is 1.35 bits per heavy atom. The Bertz CT molecular complexity index is 660. The highest BCUT2D eigenvalue weighted by Gasteiger charge is 2.15. The Kier molecular flexibility index (Phi) is 5.10. The summed E-state index contributed by atoms with van der Waals surface area (Å²) in [4.78, 5) is 20.8. The lowest BCUT2D eigenvalue weighted by Gasteiger charge is -2.22. The highest BCUT2D eigenvalue weighted by molar-refractivity contribution is 5.74. The Balaban J connectivity index is 1.44. The van der Waals surface area contributed by atoms with Crippen molar-refractivity contribution in [2.75, 3.05) is 6.54 Å². The van der Waals surface area contributed by atoms with Gasteiger partial charge in [0.15, 0.2) is 5.65 Å². The topological polar surface area (TPSA) is 71.8 Å². The summed E-state index contributed by atoms with van der Waals surface area (Å²) in [6.45, 7) is 3.46. The van der Waals surface area contributed by atoms with Gasteiger partial charge in [0.1, 0.15) is 11.3 Å². The fraction of sp³-hybridized carbons (Fsp3) is 0.588. The van der Waals surface area contributed by atoms with Gasteiger partial charge in [-0.1, -0.05) is 19.3 Å². The minimum Gasteiger partial charge on any atom is -0.338 e. The third kappa shape index (κ3) is 4.00. The number of aromatic nitrogens is 3. The van der Waals surface area contributed by atoms with Gasteiger partial charge in [-0.2, -0.15) is 0 Å². The highest BCUT2D eigenvalue weighted by Crippen LogP contribution is 2.17. The lowest BCUT2D eigenvalue weighted by Crippen LogP contribution is -2.43. The van der Waals surface area contributed by atoms with Crippen LogP contribution in [0.15, 0.2) is 18.3 Å². The molecule has 0 bridgehead atoms. The molecule has 2 amide bonds. The van der Waals surface area contributed by atoms with Crippen LogP contribution in [0, 0.1) is 6.92 Å². The Hall–Kier alpha value is -2.11. The Labute approximate surface area is 136 Å². The number of carbonyl (C=O) groups is 1. The maximum Gasteiger partial charge on any atom is 0.315 e. The van der Waals surface area contributed by atoms with E-state index in [0.29, 0.717) is 12.6 Å². The summed E-state index contributed by atoms with van der Waals surface area (Å²) in [6, 6.07) is 4.19. The molecule has 0 aromatic carbocycles. The molecule has 6 nitrogen and oxygen atoms in total. The molecule has 1 saturated carbocycles. The molecule has 3 rings (SSSR count). The molecule has 2 N–H and O–H groups in total. The van der Waals surface area contributed by atoms with Crippen LogP contribution in [0.3, 0.4) is 0 Å². The standard InChI is InChI=1S/C17H25N5O/c1-13-20-15-9-5-10-18-16(15)22(13)12-6-11-19-17(23)21-14-7-3-2-4-8-14/h5,9-10,14H,2-4,6-8,11-12H2,1H3,(H2,19,21,23). The zero-order valence-corrected chi connectivity index (χ0v) is 13.7. The summed E-state index contributed by atoms with van der Waals surface area (Å²) in [5.41, 5.74) is 1.84. The van der Waals surface area contributed by atoms with E-state index in [-0.39, 0.29) is 6.03 Å². The fourth-order valence-electron chi connectivity index (χ4n) is 3.26. The molecule has 6 heteroatoms. The van der Waals surface area contributed by atoms with Gasteiger partial charge >= 0.3 is 6.03 Å². The van der Waals surface area contributed by atoms with E-state index in [4.69, 9.17) is 0 Å². The third-order valence-corrected chi connectivity index (χ3v) is 4.48. The molecule has 0 atom stereocenters. The first kappa shape index (κ1) is 15.8. The number of imidazole rings is 1. The number of aryl methyl sites for hydroxylation is 2. The van der Waals surface area contributed by atoms with E-state index < -0.39 is 0 Å². The minimum absolute atomic E-state index is 0.0396. The van der Waals surface area contributed by atoms with Gasteiger partial charge in [-0.3, -0.25) is 0 Å². The van der Waals surface area contributed by atoms with Crippen LogP contribution in [-0.2, 0) is 6.54 Å². The summed E-state index contributed by atoms with van der Waals surface area (Å²) in [5, 5.41) is 6.03. The summed E-state index contributed by atoms with van der Waals surface area (Å²) in [5.74, 6) is 0.963. The molecule has 1 aliphatic rings. The van der Waals surface area contributed by atoms with Crippen molar-refractivity contribution in [3.05, 3.63) is 24.2 Å². The van der Waals surface area contributed by atoms with Crippen LogP contribution in [-0.4, -0.2) is 33.2 Å². The van der Waals surface area contributed by atoms with Crippen molar-refractivity contribution in [2.24, 2.45) is 0 Å². The van der Waals surface area contributed by atoms with Gasteiger partial charge in [-0.05, 0) is 38.3 Å². The van der Waals surface area contributed by atoms with Gasteiger partial charge < -0.3 is 15.2 Å². The van der Waals surface area contributed by atoms with E-state index in [1.165, 1.54) is 19.3 Å². The highest BCUT2D eigenvalue weighted by atomic mass is 16.2. The second kappa shape index (κ2) is 7.44. The zero-order valence-electron chi connectivity index (χ0n) is 13.7. The smallest absolute Gasteiger partial charge is 0.315 e. The zero-order chi connectivity index (χ0) is 16.1. The van der Waals surface area contributed by atoms with E-state index in [1.54, 1.807) is 6.20 Å². The average molecular weight is 315 g/mol. The van der Waals surface area contributed by atoms with Crippen LogP contribution in [0.5, 0.6) is 0 Å². The van der Waals surface area contributed by atoms with Crippen molar-refractivity contribution in [3.8, 4) is 0 Å². The van der Waals surface area contributed by atoms with Crippen LogP contribution in [0.1, 0.15) is 44.3 Å². The molecule has 1 fully saturated rings. The first-order chi connectivity index (χ1) is 11.2. The normalized spacial score (nSPS) is 15.7. The van der Waals surface area contributed by atoms with E-state index in [0.717, 1.165) is 42.8 Å². The quantitative estimate of drug-likeness (QED) is 0.833. The van der Waals surface area contributed by atoms with E-state index in [9.17, 15) is 4.79 Å². The van der Waals surface area contributed by atoms with Crippen LogP contribution in [0.25, 0.3) is 11.2 Å². The maximum absolute atomic E-state index is 11.9. The second-order valence-electron chi connectivity index (χ2n) is 6.25. The van der Waals surface area contributed by atoms with Gasteiger partial charge in [0.25, 0.3) is 0 Å². The summed E-state index contributed by atoms with van der Waals surface area (Å²) >= 11 is 0. The van der Waals surface area contributed by atoms with Gasteiger partial charge in [0.2, 0.25) is 0 Å². The SMILES string of the molecule is Cc1nc2cccnc2n1CCCNC(=O)NC1CCCCC1. The van der Waals surface area contributed by atoms with Crippen molar-refractivity contribution < 1.29 is 4.79 Å². The largest absolute Gasteiger partial charge is 0.338 e. The number of nitrogens with zero attached hydrogens (tertiary/aromatic N) is 3. The Morgan fingerprint density at radius 3 is 3.00 bits per heavy atom. The van der Waals surface area contributed by atoms with Crippen molar-refractivity contribution >= 4 is 17.2 Å². The lowest BCUT2D eigenvalue weighted by molar-refractivity contribution is 0.232. The number of pyridine rings is 1. The molecule has 2 heterocycles. The second-order valence-corrected chi connectivity index (χ2v) is 6.25. The van der Waals surface area contributed by atoms with Gasteiger partial charge in [-0.25, -0.2) is 14.8 Å². The monoisotopic (exact) mass is 315 g/mol.